The highest BCUT2D eigenvalue weighted by Crippen LogP contribution is 2.18. The molecule has 3 aromatic carbocycles. The van der Waals surface area contributed by atoms with E-state index in [4.69, 9.17) is 12.2 Å². The van der Waals surface area contributed by atoms with Gasteiger partial charge in [0.25, 0.3) is 10.0 Å². The van der Waals surface area contributed by atoms with Crippen LogP contribution in [0.25, 0.3) is 0 Å². The summed E-state index contributed by atoms with van der Waals surface area (Å²) in [5, 5.41) is 7.71. The first-order chi connectivity index (χ1) is 14.9. The van der Waals surface area contributed by atoms with Crippen LogP contribution in [0, 0.1) is 0 Å². The molecule has 9 heteroatoms. The van der Waals surface area contributed by atoms with Gasteiger partial charge in [-0.2, -0.15) is 5.10 Å². The van der Waals surface area contributed by atoms with Crippen molar-refractivity contribution in [3.05, 3.63) is 84.4 Å². The minimum absolute atomic E-state index is 0.173. The van der Waals surface area contributed by atoms with Gasteiger partial charge < -0.3 is 5.32 Å². The molecule has 0 bridgehead atoms. The first kappa shape index (κ1) is 22.8. The van der Waals surface area contributed by atoms with Crippen molar-refractivity contribution in [2.45, 2.75) is 16.7 Å². The van der Waals surface area contributed by atoms with Crippen LogP contribution in [-0.4, -0.2) is 25.5 Å². The topological polar surface area (TPSA) is 82.6 Å². The van der Waals surface area contributed by atoms with Crippen LogP contribution in [-0.2, 0) is 10.0 Å². The lowest BCUT2D eigenvalue weighted by atomic mass is 10.1. The number of nitrogens with one attached hydrogen (secondary N) is 3. The number of nitrogens with zero attached hydrogens (tertiary/aromatic N) is 1. The standard InChI is InChI=1S/C22H22N4O2S3/c1-16(24-25-22(29)23-18-10-12-20(30-2)13-11-18)17-8-14-21(15-9-17)31(27,28)26-19-6-4-3-5-7-19/h3-15,26H,1-2H3,(H2,23,25,29). The van der Waals surface area contributed by atoms with E-state index in [-0.39, 0.29) is 4.90 Å². The molecule has 0 aliphatic heterocycles. The predicted octanol–water partition coefficient (Wildman–Crippen LogP) is 4.92. The van der Waals surface area contributed by atoms with Crippen molar-refractivity contribution in [2.75, 3.05) is 16.3 Å². The molecule has 0 saturated carbocycles. The Bertz CT molecular complexity index is 1160. The number of para-hydroxylation sites is 1. The Morgan fingerprint density at radius 3 is 2.16 bits per heavy atom. The van der Waals surface area contributed by atoms with Crippen LogP contribution in [0.2, 0.25) is 0 Å². The van der Waals surface area contributed by atoms with Crippen LogP contribution in [0.5, 0.6) is 0 Å². The highest BCUT2D eigenvalue weighted by atomic mass is 32.2. The van der Waals surface area contributed by atoms with Gasteiger partial charge in [-0.25, -0.2) is 8.42 Å². The molecule has 0 saturated heterocycles. The average molecular weight is 471 g/mol. The first-order valence-electron chi connectivity index (χ1n) is 9.31. The van der Waals surface area contributed by atoms with Gasteiger partial charge in [0, 0.05) is 16.3 Å². The van der Waals surface area contributed by atoms with Crippen molar-refractivity contribution >= 4 is 56.2 Å². The molecule has 3 rings (SSSR count). The van der Waals surface area contributed by atoms with E-state index in [1.54, 1.807) is 60.3 Å². The lowest BCUT2D eigenvalue weighted by molar-refractivity contribution is 0.601. The number of anilines is 2. The molecule has 0 fully saturated rings. The number of rotatable bonds is 7. The van der Waals surface area contributed by atoms with E-state index in [2.05, 4.69) is 20.6 Å². The molecular formula is C22H22N4O2S3. The Labute approximate surface area is 192 Å². The molecule has 0 aliphatic carbocycles. The van der Waals surface area contributed by atoms with Gasteiger partial charge in [0.2, 0.25) is 0 Å². The third-order valence-electron chi connectivity index (χ3n) is 4.28. The zero-order valence-electron chi connectivity index (χ0n) is 17.0. The molecule has 0 aromatic heterocycles. The largest absolute Gasteiger partial charge is 0.331 e. The van der Waals surface area contributed by atoms with E-state index < -0.39 is 10.0 Å². The van der Waals surface area contributed by atoms with E-state index in [1.807, 2.05) is 43.5 Å². The van der Waals surface area contributed by atoms with Gasteiger partial charge >= 0.3 is 0 Å². The van der Waals surface area contributed by atoms with E-state index in [0.29, 0.717) is 16.5 Å². The number of thiocarbonyl (C=S) groups is 1. The summed E-state index contributed by atoms with van der Waals surface area (Å²) in [7, 11) is -3.66. The lowest BCUT2D eigenvalue weighted by Crippen LogP contribution is -2.24. The normalized spacial score (nSPS) is 11.6. The van der Waals surface area contributed by atoms with E-state index in [9.17, 15) is 8.42 Å². The fourth-order valence-electron chi connectivity index (χ4n) is 2.63. The number of sulfonamides is 1. The first-order valence-corrected chi connectivity index (χ1v) is 12.4. The van der Waals surface area contributed by atoms with E-state index in [1.165, 1.54) is 4.90 Å². The molecule has 3 aromatic rings. The van der Waals surface area contributed by atoms with Crippen LogP contribution >= 0.6 is 24.0 Å². The Kier molecular flexibility index (Phi) is 7.67. The maximum absolute atomic E-state index is 12.5. The number of thioether (sulfide) groups is 1. The number of hydrogen-bond donors (Lipinski definition) is 3. The summed E-state index contributed by atoms with van der Waals surface area (Å²) in [4.78, 5) is 1.34. The number of hydrazone groups is 1. The second kappa shape index (κ2) is 10.4. The molecule has 0 amide bonds. The second-order valence-corrected chi connectivity index (χ2v) is 9.46. The summed E-state index contributed by atoms with van der Waals surface area (Å²) >= 11 is 6.95. The SMILES string of the molecule is CSc1ccc(NC(=S)NN=C(C)c2ccc(S(=O)(=O)Nc3ccccc3)cc2)cc1. The van der Waals surface area contributed by atoms with Crippen molar-refractivity contribution in [3.63, 3.8) is 0 Å². The van der Waals surface area contributed by atoms with E-state index in [0.717, 1.165) is 11.3 Å². The Morgan fingerprint density at radius 2 is 1.55 bits per heavy atom. The Hall–Kier alpha value is -2.88. The molecule has 0 atom stereocenters. The molecule has 31 heavy (non-hydrogen) atoms. The maximum Gasteiger partial charge on any atom is 0.261 e. The van der Waals surface area contributed by atoms with Crippen molar-refractivity contribution in [1.82, 2.24) is 5.43 Å². The van der Waals surface area contributed by atoms with Gasteiger partial charge in [0.15, 0.2) is 5.11 Å². The minimum atomic E-state index is -3.66. The van der Waals surface area contributed by atoms with E-state index >= 15 is 0 Å². The van der Waals surface area contributed by atoms with Gasteiger partial charge in [-0.05, 0) is 79.5 Å². The molecule has 0 radical (unpaired) electrons. The zero-order valence-corrected chi connectivity index (χ0v) is 19.4. The predicted molar refractivity (Wildman–Crippen MR) is 133 cm³/mol. The highest BCUT2D eigenvalue weighted by Gasteiger charge is 2.14. The third-order valence-corrected chi connectivity index (χ3v) is 6.62. The van der Waals surface area contributed by atoms with Crippen molar-refractivity contribution < 1.29 is 8.42 Å². The Morgan fingerprint density at radius 1 is 0.903 bits per heavy atom. The minimum Gasteiger partial charge on any atom is -0.331 e. The van der Waals surface area contributed by atoms with Crippen LogP contribution < -0.4 is 15.5 Å². The monoisotopic (exact) mass is 470 g/mol. The molecule has 0 unspecified atom stereocenters. The van der Waals surface area contributed by atoms with Crippen LogP contribution in [0.1, 0.15) is 12.5 Å². The summed E-state index contributed by atoms with van der Waals surface area (Å²) in [5.74, 6) is 0. The van der Waals surface area contributed by atoms with Crippen molar-refractivity contribution in [1.29, 1.82) is 0 Å². The fourth-order valence-corrected chi connectivity index (χ4v) is 4.26. The highest BCUT2D eigenvalue weighted by molar-refractivity contribution is 7.98. The summed E-state index contributed by atoms with van der Waals surface area (Å²) in [6.07, 6.45) is 2.02. The zero-order chi connectivity index (χ0) is 22.3. The molecular weight excluding hydrogens is 448 g/mol. The fraction of sp³-hybridized carbons (Fsp3) is 0.0909. The molecule has 160 valence electrons. The van der Waals surface area contributed by atoms with Crippen LogP contribution in [0.4, 0.5) is 11.4 Å². The maximum atomic E-state index is 12.5. The summed E-state index contributed by atoms with van der Waals surface area (Å²) in [5.41, 5.74) is 5.63. The van der Waals surface area contributed by atoms with Crippen molar-refractivity contribution in [2.24, 2.45) is 5.10 Å². The number of hydrogen-bond acceptors (Lipinski definition) is 5. The van der Waals surface area contributed by atoms with Gasteiger partial charge in [-0.3, -0.25) is 10.1 Å². The summed E-state index contributed by atoms with van der Waals surface area (Å²) < 4.78 is 27.6. The van der Waals surface area contributed by atoms with Crippen molar-refractivity contribution in [3.8, 4) is 0 Å². The van der Waals surface area contributed by atoms with Gasteiger partial charge in [0.05, 0.1) is 10.6 Å². The number of benzene rings is 3. The summed E-state index contributed by atoms with van der Waals surface area (Å²) in [6, 6.07) is 23.2. The van der Waals surface area contributed by atoms with Gasteiger partial charge in [-0.15, -0.1) is 11.8 Å². The molecule has 6 nitrogen and oxygen atoms in total. The lowest BCUT2D eigenvalue weighted by Gasteiger charge is -2.10. The molecule has 0 heterocycles. The van der Waals surface area contributed by atoms with Crippen LogP contribution in [0.15, 0.2) is 93.8 Å². The van der Waals surface area contributed by atoms with Gasteiger partial charge in [0.1, 0.15) is 0 Å². The van der Waals surface area contributed by atoms with Crippen LogP contribution in [0.3, 0.4) is 0 Å². The quantitative estimate of drug-likeness (QED) is 0.197. The average Bonchev–Trinajstić information content (AvgIpc) is 2.78. The Balaban J connectivity index is 1.61. The second-order valence-electron chi connectivity index (χ2n) is 6.49. The molecule has 0 spiro atoms. The summed E-state index contributed by atoms with van der Waals surface area (Å²) in [6.45, 7) is 1.81. The molecule has 3 N–H and O–H groups in total. The third kappa shape index (κ3) is 6.55. The molecule has 0 aliphatic rings. The smallest absolute Gasteiger partial charge is 0.261 e. The van der Waals surface area contributed by atoms with Gasteiger partial charge in [-0.1, -0.05) is 30.3 Å².